The van der Waals surface area contributed by atoms with Crippen molar-refractivity contribution in [3.63, 3.8) is 0 Å². The van der Waals surface area contributed by atoms with Gasteiger partial charge in [0.05, 0.1) is 11.6 Å². The highest BCUT2D eigenvalue weighted by molar-refractivity contribution is 7.09. The van der Waals surface area contributed by atoms with Crippen molar-refractivity contribution in [2.24, 2.45) is 11.7 Å². The minimum Gasteiger partial charge on any atom is -0.493 e. The first-order valence-corrected chi connectivity index (χ1v) is 8.30. The minimum atomic E-state index is 0.297. The van der Waals surface area contributed by atoms with Crippen LogP contribution in [0.4, 0.5) is 0 Å². The Labute approximate surface area is 131 Å². The van der Waals surface area contributed by atoms with E-state index in [-0.39, 0.29) is 0 Å². The van der Waals surface area contributed by atoms with Crippen LogP contribution in [0.1, 0.15) is 36.0 Å². The SMILES string of the molecule is Cc1csc(C(CN)Cc2ccc(OCC(C)C)cc2)n1. The first-order chi connectivity index (χ1) is 10.1. The van der Waals surface area contributed by atoms with Crippen LogP contribution in [0.2, 0.25) is 0 Å². The minimum absolute atomic E-state index is 0.297. The summed E-state index contributed by atoms with van der Waals surface area (Å²) < 4.78 is 5.71. The molecule has 2 aromatic rings. The molecule has 1 atom stereocenters. The molecule has 0 bridgehead atoms. The predicted octanol–water partition coefficient (Wildman–Crippen LogP) is 3.77. The Morgan fingerprint density at radius 1 is 1.24 bits per heavy atom. The molecule has 21 heavy (non-hydrogen) atoms. The number of hydrogen-bond acceptors (Lipinski definition) is 4. The number of aryl methyl sites for hydroxylation is 1. The molecule has 1 heterocycles. The third-order valence-corrected chi connectivity index (χ3v) is 4.38. The van der Waals surface area contributed by atoms with E-state index in [0.717, 1.165) is 29.5 Å². The quantitative estimate of drug-likeness (QED) is 0.847. The molecular formula is C17H24N2OS. The van der Waals surface area contributed by atoms with Crippen molar-refractivity contribution in [3.05, 3.63) is 45.9 Å². The maximum absolute atomic E-state index is 5.91. The average molecular weight is 304 g/mol. The summed E-state index contributed by atoms with van der Waals surface area (Å²) in [5.74, 6) is 1.77. The van der Waals surface area contributed by atoms with Crippen molar-refractivity contribution in [2.75, 3.05) is 13.2 Å². The topological polar surface area (TPSA) is 48.1 Å². The van der Waals surface area contributed by atoms with Gasteiger partial charge >= 0.3 is 0 Å². The van der Waals surface area contributed by atoms with Crippen molar-refractivity contribution >= 4 is 11.3 Å². The molecule has 1 aromatic carbocycles. The average Bonchev–Trinajstić information content (AvgIpc) is 2.90. The number of hydrogen-bond donors (Lipinski definition) is 1. The van der Waals surface area contributed by atoms with E-state index in [0.29, 0.717) is 18.4 Å². The summed E-state index contributed by atoms with van der Waals surface area (Å²) in [5.41, 5.74) is 8.26. The van der Waals surface area contributed by atoms with E-state index in [9.17, 15) is 0 Å². The fraction of sp³-hybridized carbons (Fsp3) is 0.471. The lowest BCUT2D eigenvalue weighted by Gasteiger charge is -2.13. The molecular weight excluding hydrogens is 280 g/mol. The summed E-state index contributed by atoms with van der Waals surface area (Å²) in [6.45, 7) is 7.70. The van der Waals surface area contributed by atoms with Crippen molar-refractivity contribution < 1.29 is 4.74 Å². The highest BCUT2D eigenvalue weighted by atomic mass is 32.1. The molecule has 2 rings (SSSR count). The van der Waals surface area contributed by atoms with Crippen molar-refractivity contribution in [3.8, 4) is 5.75 Å². The molecule has 114 valence electrons. The highest BCUT2D eigenvalue weighted by Crippen LogP contribution is 2.24. The molecule has 0 fully saturated rings. The van der Waals surface area contributed by atoms with Crippen molar-refractivity contribution in [2.45, 2.75) is 33.1 Å². The van der Waals surface area contributed by atoms with Crippen LogP contribution >= 0.6 is 11.3 Å². The lowest BCUT2D eigenvalue weighted by molar-refractivity contribution is 0.271. The predicted molar refractivity (Wildman–Crippen MR) is 89.1 cm³/mol. The number of aromatic nitrogens is 1. The fourth-order valence-electron chi connectivity index (χ4n) is 2.10. The zero-order chi connectivity index (χ0) is 15.2. The maximum Gasteiger partial charge on any atom is 0.119 e. The van der Waals surface area contributed by atoms with E-state index in [2.05, 4.69) is 36.3 Å². The molecule has 0 radical (unpaired) electrons. The van der Waals surface area contributed by atoms with Gasteiger partial charge in [-0.3, -0.25) is 0 Å². The Balaban J connectivity index is 1.98. The zero-order valence-electron chi connectivity index (χ0n) is 13.0. The monoisotopic (exact) mass is 304 g/mol. The van der Waals surface area contributed by atoms with Crippen LogP contribution in [0.25, 0.3) is 0 Å². The fourth-order valence-corrected chi connectivity index (χ4v) is 3.01. The van der Waals surface area contributed by atoms with Crippen LogP contribution in [-0.2, 0) is 6.42 Å². The lowest BCUT2D eigenvalue weighted by Crippen LogP contribution is -2.15. The van der Waals surface area contributed by atoms with E-state index in [4.69, 9.17) is 10.5 Å². The van der Waals surface area contributed by atoms with Crippen molar-refractivity contribution in [1.29, 1.82) is 0 Å². The van der Waals surface area contributed by atoms with E-state index in [1.807, 2.05) is 19.1 Å². The molecule has 0 aliphatic carbocycles. The third-order valence-electron chi connectivity index (χ3n) is 3.26. The van der Waals surface area contributed by atoms with Gasteiger partial charge in [-0.1, -0.05) is 26.0 Å². The molecule has 0 saturated heterocycles. The summed E-state index contributed by atoms with van der Waals surface area (Å²) in [6.07, 6.45) is 0.925. The van der Waals surface area contributed by atoms with Gasteiger partial charge in [0.2, 0.25) is 0 Å². The second kappa shape index (κ2) is 7.57. The standard InChI is InChI=1S/C17H24N2OS/c1-12(2)10-20-16-6-4-14(5-7-16)8-15(9-18)17-19-13(3)11-21-17/h4-7,11-12,15H,8-10,18H2,1-3H3. The van der Waals surface area contributed by atoms with Gasteiger partial charge in [0, 0.05) is 23.5 Å². The van der Waals surface area contributed by atoms with Crippen LogP contribution in [0.15, 0.2) is 29.6 Å². The molecule has 4 heteroatoms. The number of thiazole rings is 1. The number of nitrogens with zero attached hydrogens (tertiary/aromatic N) is 1. The molecule has 1 aromatic heterocycles. The Morgan fingerprint density at radius 2 is 1.95 bits per heavy atom. The second-order valence-corrected chi connectivity index (χ2v) is 6.70. The van der Waals surface area contributed by atoms with Gasteiger partial charge < -0.3 is 10.5 Å². The second-order valence-electron chi connectivity index (χ2n) is 5.81. The molecule has 1 unspecified atom stereocenters. The third kappa shape index (κ3) is 4.83. The maximum atomic E-state index is 5.91. The van der Waals surface area contributed by atoms with Gasteiger partial charge in [-0.25, -0.2) is 4.98 Å². The van der Waals surface area contributed by atoms with Gasteiger partial charge in [0.15, 0.2) is 0 Å². The molecule has 0 amide bonds. The van der Waals surface area contributed by atoms with E-state index < -0.39 is 0 Å². The van der Waals surface area contributed by atoms with Gasteiger partial charge in [-0.15, -0.1) is 11.3 Å². The first-order valence-electron chi connectivity index (χ1n) is 7.42. The van der Waals surface area contributed by atoms with Gasteiger partial charge in [-0.2, -0.15) is 0 Å². The molecule has 0 aliphatic rings. The number of rotatable bonds is 7. The summed E-state index contributed by atoms with van der Waals surface area (Å²) in [4.78, 5) is 4.56. The van der Waals surface area contributed by atoms with E-state index in [1.165, 1.54) is 5.56 Å². The molecule has 0 aliphatic heterocycles. The van der Waals surface area contributed by atoms with E-state index >= 15 is 0 Å². The first kappa shape index (κ1) is 16.0. The smallest absolute Gasteiger partial charge is 0.119 e. The molecule has 3 nitrogen and oxygen atoms in total. The Kier molecular flexibility index (Phi) is 5.76. The molecule has 0 saturated carbocycles. The lowest BCUT2D eigenvalue weighted by atomic mass is 10.00. The van der Waals surface area contributed by atoms with Crippen LogP contribution in [-0.4, -0.2) is 18.1 Å². The van der Waals surface area contributed by atoms with Crippen LogP contribution < -0.4 is 10.5 Å². The molecule has 0 spiro atoms. The summed E-state index contributed by atoms with van der Waals surface area (Å²) >= 11 is 1.70. The Bertz CT molecular complexity index is 548. The normalized spacial score (nSPS) is 12.6. The van der Waals surface area contributed by atoms with Crippen molar-refractivity contribution in [1.82, 2.24) is 4.98 Å². The van der Waals surface area contributed by atoms with Crippen LogP contribution in [0.5, 0.6) is 5.75 Å². The van der Waals surface area contributed by atoms with E-state index in [1.54, 1.807) is 11.3 Å². The number of benzene rings is 1. The summed E-state index contributed by atoms with van der Waals surface area (Å²) in [7, 11) is 0. The Hall–Kier alpha value is -1.39. The molecule has 2 N–H and O–H groups in total. The summed E-state index contributed by atoms with van der Waals surface area (Å²) in [6, 6.07) is 8.33. The van der Waals surface area contributed by atoms with Gasteiger partial charge in [-0.05, 0) is 37.0 Å². The highest BCUT2D eigenvalue weighted by Gasteiger charge is 2.14. The zero-order valence-corrected chi connectivity index (χ0v) is 13.8. The summed E-state index contributed by atoms with van der Waals surface area (Å²) in [5, 5.41) is 3.22. The van der Waals surface area contributed by atoms with Crippen LogP contribution in [0.3, 0.4) is 0 Å². The van der Waals surface area contributed by atoms with Gasteiger partial charge in [0.1, 0.15) is 5.75 Å². The van der Waals surface area contributed by atoms with Crippen LogP contribution in [0, 0.1) is 12.8 Å². The van der Waals surface area contributed by atoms with Gasteiger partial charge in [0.25, 0.3) is 0 Å². The number of ether oxygens (including phenoxy) is 1. The Morgan fingerprint density at radius 3 is 2.48 bits per heavy atom. The largest absolute Gasteiger partial charge is 0.493 e. The number of nitrogens with two attached hydrogens (primary N) is 1.